The summed E-state index contributed by atoms with van der Waals surface area (Å²) in [6.07, 6.45) is -0.913. The predicted octanol–water partition coefficient (Wildman–Crippen LogP) is 0.141. The number of anilines is 1. The molecule has 0 aliphatic carbocycles. The number of rotatable bonds is 6. The largest absolute Gasteiger partial charge is 0.504 e. The number of alkyl carbamates (subject to hydrolysis) is 1. The molecule has 2 aromatic carbocycles. The Morgan fingerprint density at radius 3 is 2.23 bits per heavy atom. The maximum absolute atomic E-state index is 12.6. The van der Waals surface area contributed by atoms with Crippen LogP contribution in [0, 0.1) is 0 Å². The first-order chi connectivity index (χ1) is 18.4. The van der Waals surface area contributed by atoms with Crippen LogP contribution >= 0.6 is 0 Å². The number of hydrogen-bond donors (Lipinski definition) is 5. The van der Waals surface area contributed by atoms with Crippen molar-refractivity contribution in [2.24, 2.45) is 0 Å². The number of likely N-dealkylation sites (tertiary alicyclic amines) is 1. The molecule has 0 saturated carbocycles. The maximum Gasteiger partial charge on any atom is 0.408 e. The van der Waals surface area contributed by atoms with Crippen LogP contribution in [0.4, 0.5) is 24.9 Å². The second-order valence-electron chi connectivity index (χ2n) is 8.28. The fraction of sp³-hybridized carbons (Fsp3) is 0.227. The van der Waals surface area contributed by atoms with Gasteiger partial charge in [-0.3, -0.25) is 14.6 Å². The van der Waals surface area contributed by atoms with Crippen molar-refractivity contribution in [1.29, 1.82) is 0 Å². The van der Waals surface area contributed by atoms with E-state index in [0.717, 1.165) is 17.0 Å². The predicted molar refractivity (Wildman–Crippen MR) is 130 cm³/mol. The number of ether oxygens (including phenoxy) is 1. The number of hydrogen-bond acceptors (Lipinski definition) is 10. The first-order valence-corrected chi connectivity index (χ1v) is 12.7. The summed E-state index contributed by atoms with van der Waals surface area (Å²) >= 11 is 0. The SMILES string of the molecule is O=C(N[C@H]1CN(C(=O)NS(=O)(=O)NC(=O)N2CCN(c3ccc(O)c(O)c3)C2=O)C1=O)OCc1ccccc1. The topological polar surface area (TPSA) is 215 Å². The highest BCUT2D eigenvalue weighted by molar-refractivity contribution is 7.88. The highest BCUT2D eigenvalue weighted by Crippen LogP contribution is 2.31. The Kier molecular flexibility index (Phi) is 7.43. The van der Waals surface area contributed by atoms with E-state index in [1.165, 1.54) is 15.5 Å². The number of phenolic OH excluding ortho intramolecular Hbond substituents is 2. The summed E-state index contributed by atoms with van der Waals surface area (Å²) in [7, 11) is -4.85. The molecule has 0 spiro atoms. The minimum Gasteiger partial charge on any atom is -0.504 e. The van der Waals surface area contributed by atoms with E-state index in [4.69, 9.17) is 4.74 Å². The number of imide groups is 2. The van der Waals surface area contributed by atoms with Crippen LogP contribution < -0.4 is 19.7 Å². The Labute approximate surface area is 220 Å². The molecule has 5 N–H and O–H groups in total. The molecule has 2 heterocycles. The van der Waals surface area contributed by atoms with Crippen LogP contribution in [0.25, 0.3) is 0 Å². The van der Waals surface area contributed by atoms with Crippen LogP contribution in [-0.2, 0) is 26.3 Å². The highest BCUT2D eigenvalue weighted by Gasteiger charge is 2.43. The van der Waals surface area contributed by atoms with Gasteiger partial charge in [0.2, 0.25) is 0 Å². The van der Waals surface area contributed by atoms with Gasteiger partial charge in [-0.15, -0.1) is 0 Å². The van der Waals surface area contributed by atoms with Crippen LogP contribution in [0.3, 0.4) is 0 Å². The number of carbonyl (C=O) groups is 5. The molecular weight excluding hydrogens is 540 g/mol. The molecule has 17 heteroatoms. The van der Waals surface area contributed by atoms with Crippen LogP contribution in [0.2, 0.25) is 0 Å². The monoisotopic (exact) mass is 562 g/mol. The van der Waals surface area contributed by atoms with E-state index in [1.807, 2.05) is 0 Å². The number of phenols is 2. The molecular formula is C22H22N6O10S. The van der Waals surface area contributed by atoms with Gasteiger partial charge in [-0.1, -0.05) is 30.3 Å². The van der Waals surface area contributed by atoms with Gasteiger partial charge < -0.3 is 20.3 Å². The molecule has 2 saturated heterocycles. The molecule has 8 amide bonds. The molecule has 0 unspecified atom stereocenters. The molecule has 2 aromatic rings. The van der Waals surface area contributed by atoms with Crippen LogP contribution in [0.15, 0.2) is 48.5 Å². The summed E-state index contributed by atoms with van der Waals surface area (Å²) in [6, 6.07) is 7.46. The van der Waals surface area contributed by atoms with Crippen molar-refractivity contribution in [3.8, 4) is 11.5 Å². The van der Waals surface area contributed by atoms with Gasteiger partial charge in [0.1, 0.15) is 12.6 Å². The van der Waals surface area contributed by atoms with Gasteiger partial charge in [0, 0.05) is 18.3 Å². The standard InChI is InChI=1S/C22H22N6O10S/c29-16-7-6-14(10-17(16)30)26-8-9-27(22(26)35)19(32)24-39(36,37)25-20(33)28-11-15(18(28)31)23-21(34)38-12-13-4-2-1-3-5-13/h1-7,10,15,29-30H,8-9,11-12H2,(H,23,34)(H,24,32)(H,25,33)/t15-/m0/s1. The Morgan fingerprint density at radius 2 is 1.59 bits per heavy atom. The van der Waals surface area contributed by atoms with Crippen LogP contribution in [0.1, 0.15) is 5.56 Å². The molecule has 2 fully saturated rings. The first-order valence-electron chi connectivity index (χ1n) is 11.2. The fourth-order valence-electron chi connectivity index (χ4n) is 3.63. The number of β-lactam (4-membered cyclic amide) rings is 1. The number of nitrogens with zero attached hydrogens (tertiary/aromatic N) is 3. The average molecular weight is 563 g/mol. The lowest BCUT2D eigenvalue weighted by Gasteiger charge is -2.36. The van der Waals surface area contributed by atoms with E-state index in [1.54, 1.807) is 30.3 Å². The van der Waals surface area contributed by atoms with Gasteiger partial charge in [0.25, 0.3) is 5.91 Å². The molecule has 206 valence electrons. The first kappa shape index (κ1) is 27.0. The van der Waals surface area contributed by atoms with E-state index >= 15 is 0 Å². The summed E-state index contributed by atoms with van der Waals surface area (Å²) in [5.74, 6) is -1.84. The zero-order valence-corrected chi connectivity index (χ0v) is 20.8. The van der Waals surface area contributed by atoms with Gasteiger partial charge in [-0.25, -0.2) is 33.5 Å². The number of benzene rings is 2. The third kappa shape index (κ3) is 6.09. The second kappa shape index (κ2) is 10.7. The van der Waals surface area contributed by atoms with Crippen molar-refractivity contribution in [1.82, 2.24) is 24.6 Å². The highest BCUT2D eigenvalue weighted by atomic mass is 32.2. The van der Waals surface area contributed by atoms with E-state index in [2.05, 4.69) is 5.32 Å². The Morgan fingerprint density at radius 1 is 0.923 bits per heavy atom. The molecule has 2 aliphatic heterocycles. The fourth-order valence-corrected chi connectivity index (χ4v) is 4.37. The third-order valence-electron chi connectivity index (χ3n) is 5.65. The molecule has 1 atom stereocenters. The number of urea groups is 3. The summed E-state index contributed by atoms with van der Waals surface area (Å²) in [5.41, 5.74) is 0.856. The van der Waals surface area contributed by atoms with Crippen LogP contribution in [0.5, 0.6) is 11.5 Å². The zero-order chi connectivity index (χ0) is 28.3. The average Bonchev–Trinajstić information content (AvgIpc) is 3.27. The molecule has 0 aromatic heterocycles. The Hall–Kier alpha value is -5.06. The van der Waals surface area contributed by atoms with Crippen LogP contribution in [-0.4, -0.2) is 84.2 Å². The smallest absolute Gasteiger partial charge is 0.408 e. The van der Waals surface area contributed by atoms with E-state index in [-0.39, 0.29) is 31.9 Å². The van der Waals surface area contributed by atoms with E-state index < -0.39 is 57.8 Å². The van der Waals surface area contributed by atoms with Crippen molar-refractivity contribution in [2.75, 3.05) is 24.5 Å². The summed E-state index contributed by atoms with van der Waals surface area (Å²) < 4.78 is 32.5. The van der Waals surface area contributed by atoms with Gasteiger partial charge in [0.05, 0.1) is 13.1 Å². The van der Waals surface area contributed by atoms with Crippen molar-refractivity contribution in [3.05, 3.63) is 54.1 Å². The van der Waals surface area contributed by atoms with Crippen molar-refractivity contribution in [2.45, 2.75) is 12.6 Å². The number of aromatic hydroxyl groups is 2. The lowest BCUT2D eigenvalue weighted by molar-refractivity contribution is -0.139. The lowest BCUT2D eigenvalue weighted by Crippen LogP contribution is -2.68. The summed E-state index contributed by atoms with van der Waals surface area (Å²) in [4.78, 5) is 63.4. The molecule has 2 aliphatic rings. The molecule has 4 rings (SSSR count). The summed E-state index contributed by atoms with van der Waals surface area (Å²) in [5, 5.41) is 21.3. The molecule has 39 heavy (non-hydrogen) atoms. The van der Waals surface area contributed by atoms with Gasteiger partial charge in [-0.05, 0) is 17.7 Å². The minimum absolute atomic E-state index is 0.0483. The molecule has 16 nitrogen and oxygen atoms in total. The van der Waals surface area contributed by atoms with Crippen molar-refractivity contribution < 1.29 is 47.3 Å². The normalized spacial score (nSPS) is 16.9. The third-order valence-corrected chi connectivity index (χ3v) is 6.53. The van der Waals surface area contributed by atoms with Gasteiger partial charge in [0.15, 0.2) is 11.5 Å². The van der Waals surface area contributed by atoms with Gasteiger partial charge in [-0.2, -0.15) is 8.42 Å². The van der Waals surface area contributed by atoms with E-state index in [0.29, 0.717) is 15.4 Å². The Balaban J connectivity index is 1.25. The summed E-state index contributed by atoms with van der Waals surface area (Å²) in [6.45, 7) is -0.681. The zero-order valence-electron chi connectivity index (χ0n) is 19.9. The quantitative estimate of drug-likeness (QED) is 0.237. The number of amides is 8. The Bertz CT molecular complexity index is 1430. The van der Waals surface area contributed by atoms with Gasteiger partial charge >= 0.3 is 34.4 Å². The number of nitrogens with one attached hydrogen (secondary N) is 3. The van der Waals surface area contributed by atoms with Crippen molar-refractivity contribution >= 4 is 46.0 Å². The van der Waals surface area contributed by atoms with Crippen molar-refractivity contribution in [3.63, 3.8) is 0 Å². The number of carbonyl (C=O) groups excluding carboxylic acids is 5. The maximum atomic E-state index is 12.6. The molecule has 0 radical (unpaired) electrons. The molecule has 0 bridgehead atoms. The minimum atomic E-state index is -4.85. The van der Waals surface area contributed by atoms with E-state index in [9.17, 15) is 42.6 Å². The lowest BCUT2D eigenvalue weighted by atomic mass is 10.1. The second-order valence-corrected chi connectivity index (χ2v) is 9.70.